The van der Waals surface area contributed by atoms with E-state index in [2.05, 4.69) is 17.1 Å². The molecule has 122 valence electrons. The fourth-order valence-corrected chi connectivity index (χ4v) is 3.43. The van der Waals surface area contributed by atoms with Crippen LogP contribution in [-0.2, 0) is 0 Å². The Morgan fingerprint density at radius 3 is 2.48 bits per heavy atom. The van der Waals surface area contributed by atoms with Crippen molar-refractivity contribution >= 4 is 46.2 Å². The summed E-state index contributed by atoms with van der Waals surface area (Å²) in [5.41, 5.74) is 10.9. The highest BCUT2D eigenvalue weighted by Gasteiger charge is 2.29. The Bertz CT molecular complexity index is 1070. The Morgan fingerprint density at radius 2 is 1.88 bits per heavy atom. The van der Waals surface area contributed by atoms with E-state index in [9.17, 15) is 10.5 Å². The highest BCUT2D eigenvalue weighted by molar-refractivity contribution is 6.35. The van der Waals surface area contributed by atoms with E-state index in [-0.39, 0.29) is 5.82 Å². The molecular formula is C19H12Cl2N4. The van der Waals surface area contributed by atoms with Crippen LogP contribution in [0.25, 0.3) is 17.2 Å². The monoisotopic (exact) mass is 366 g/mol. The average Bonchev–Trinajstić information content (AvgIpc) is 2.82. The van der Waals surface area contributed by atoms with E-state index in [1.165, 1.54) is 0 Å². The second kappa shape index (κ2) is 6.26. The minimum atomic E-state index is 0.130. The summed E-state index contributed by atoms with van der Waals surface area (Å²) in [4.78, 5) is 4.30. The molecule has 0 radical (unpaired) electrons. The number of fused-ring (bicyclic) bond motifs is 1. The third-order valence-corrected chi connectivity index (χ3v) is 4.81. The molecule has 0 unspecified atom stereocenters. The van der Waals surface area contributed by atoms with Crippen molar-refractivity contribution in [2.24, 2.45) is 0 Å². The van der Waals surface area contributed by atoms with Crippen LogP contribution in [0.2, 0.25) is 10.0 Å². The van der Waals surface area contributed by atoms with Gasteiger partial charge in [0.05, 0.1) is 16.8 Å². The third-order valence-electron chi connectivity index (χ3n) is 4.25. The number of benzene rings is 1. The van der Waals surface area contributed by atoms with Crippen molar-refractivity contribution in [2.75, 3.05) is 5.73 Å². The van der Waals surface area contributed by atoms with E-state index >= 15 is 0 Å². The number of nitrogens with two attached hydrogens (primary N) is 1. The normalized spacial score (nSPS) is 14.4. The molecule has 1 heterocycles. The van der Waals surface area contributed by atoms with Gasteiger partial charge in [0.25, 0.3) is 0 Å². The van der Waals surface area contributed by atoms with Gasteiger partial charge < -0.3 is 5.73 Å². The molecule has 1 aliphatic rings. The van der Waals surface area contributed by atoms with E-state index in [1.807, 2.05) is 13.0 Å². The highest BCUT2D eigenvalue weighted by Crippen LogP contribution is 2.44. The summed E-state index contributed by atoms with van der Waals surface area (Å²) >= 11 is 12.2. The van der Waals surface area contributed by atoms with Crippen molar-refractivity contribution in [3.63, 3.8) is 0 Å². The predicted octanol–water partition coefficient (Wildman–Crippen LogP) is 5.00. The molecule has 3 rings (SSSR count). The summed E-state index contributed by atoms with van der Waals surface area (Å²) in [7, 11) is 0. The van der Waals surface area contributed by atoms with Gasteiger partial charge in [0.15, 0.2) is 0 Å². The summed E-state index contributed by atoms with van der Waals surface area (Å²) in [6, 6.07) is 9.48. The quantitative estimate of drug-likeness (QED) is 0.768. The summed E-state index contributed by atoms with van der Waals surface area (Å²) in [5.74, 6) is 0.130. The van der Waals surface area contributed by atoms with Crippen LogP contribution in [0.3, 0.4) is 0 Å². The number of aromatic nitrogens is 1. The van der Waals surface area contributed by atoms with Crippen LogP contribution in [0, 0.1) is 29.6 Å². The minimum absolute atomic E-state index is 0.130. The SMILES string of the molecule is CC1=C(C#N)c2nc(N)c(C#N)c(C)c2/C1=C/c1ccc(Cl)cc1Cl. The molecule has 0 amide bonds. The standard InChI is InChI=1S/C19H12Cl2N4/c1-9-13(5-11-3-4-12(20)6-16(11)21)17-10(2)15(8-23)19(24)25-18(17)14(9)7-22/h3-6H,1-2H3,(H2,24,25)/b13-5+. The van der Waals surface area contributed by atoms with Crippen molar-refractivity contribution in [1.82, 2.24) is 4.98 Å². The van der Waals surface area contributed by atoms with Crippen molar-refractivity contribution in [2.45, 2.75) is 13.8 Å². The van der Waals surface area contributed by atoms with Gasteiger partial charge in [-0.25, -0.2) is 4.98 Å². The fourth-order valence-electron chi connectivity index (χ4n) is 2.97. The molecule has 1 aromatic heterocycles. The van der Waals surface area contributed by atoms with Gasteiger partial charge in [0, 0.05) is 15.6 Å². The molecule has 4 nitrogen and oxygen atoms in total. The second-order valence-corrected chi connectivity index (χ2v) is 6.51. The number of nitrogens with zero attached hydrogens (tertiary/aromatic N) is 3. The maximum absolute atomic E-state index is 9.54. The first-order valence-corrected chi connectivity index (χ1v) is 8.13. The number of hydrogen-bond donors (Lipinski definition) is 1. The molecule has 2 N–H and O–H groups in total. The fraction of sp³-hybridized carbons (Fsp3) is 0.105. The topological polar surface area (TPSA) is 86.5 Å². The van der Waals surface area contributed by atoms with Gasteiger partial charge in [0.2, 0.25) is 0 Å². The maximum Gasteiger partial charge on any atom is 0.142 e. The molecule has 0 spiro atoms. The molecule has 1 aromatic carbocycles. The van der Waals surface area contributed by atoms with Gasteiger partial charge >= 0.3 is 0 Å². The van der Waals surface area contributed by atoms with Crippen LogP contribution in [0.15, 0.2) is 23.8 Å². The van der Waals surface area contributed by atoms with E-state index in [1.54, 1.807) is 25.1 Å². The number of nitriles is 2. The Morgan fingerprint density at radius 1 is 1.16 bits per heavy atom. The van der Waals surface area contributed by atoms with Crippen LogP contribution < -0.4 is 5.73 Å². The summed E-state index contributed by atoms with van der Waals surface area (Å²) < 4.78 is 0. The molecule has 0 saturated carbocycles. The lowest BCUT2D eigenvalue weighted by Crippen LogP contribution is -2.03. The highest BCUT2D eigenvalue weighted by atomic mass is 35.5. The van der Waals surface area contributed by atoms with Crippen LogP contribution in [0.5, 0.6) is 0 Å². The van der Waals surface area contributed by atoms with Crippen LogP contribution in [0.1, 0.15) is 34.9 Å². The molecule has 0 bridgehead atoms. The Labute approximate surface area is 155 Å². The third kappa shape index (κ3) is 2.66. The zero-order chi connectivity index (χ0) is 18.3. The first-order valence-electron chi connectivity index (χ1n) is 7.38. The second-order valence-electron chi connectivity index (χ2n) is 5.67. The Hall–Kier alpha value is -2.79. The molecule has 0 aliphatic heterocycles. The Kier molecular flexibility index (Phi) is 4.27. The number of hydrogen-bond acceptors (Lipinski definition) is 4. The van der Waals surface area contributed by atoms with Crippen molar-refractivity contribution in [3.8, 4) is 12.1 Å². The molecule has 0 saturated heterocycles. The first kappa shape index (κ1) is 17.0. The number of nitrogen functional groups attached to an aromatic ring is 1. The zero-order valence-electron chi connectivity index (χ0n) is 13.5. The number of rotatable bonds is 1. The average molecular weight is 367 g/mol. The minimum Gasteiger partial charge on any atom is -0.383 e. The summed E-state index contributed by atoms with van der Waals surface area (Å²) in [5, 5.41) is 20.0. The molecule has 6 heteroatoms. The van der Waals surface area contributed by atoms with Crippen LogP contribution >= 0.6 is 23.2 Å². The summed E-state index contributed by atoms with van der Waals surface area (Å²) in [6.45, 7) is 3.65. The lowest BCUT2D eigenvalue weighted by atomic mass is 9.95. The van der Waals surface area contributed by atoms with Crippen molar-refractivity contribution in [3.05, 3.63) is 61.8 Å². The summed E-state index contributed by atoms with van der Waals surface area (Å²) in [6.07, 6.45) is 1.88. The largest absolute Gasteiger partial charge is 0.383 e. The zero-order valence-corrected chi connectivity index (χ0v) is 15.0. The lowest BCUT2D eigenvalue weighted by molar-refractivity contribution is 1.22. The van der Waals surface area contributed by atoms with E-state index < -0.39 is 0 Å². The molecular weight excluding hydrogens is 355 g/mol. The predicted molar refractivity (Wildman–Crippen MR) is 101 cm³/mol. The molecule has 25 heavy (non-hydrogen) atoms. The van der Waals surface area contributed by atoms with Crippen molar-refractivity contribution in [1.29, 1.82) is 10.5 Å². The van der Waals surface area contributed by atoms with Gasteiger partial charge in [-0.2, -0.15) is 10.5 Å². The molecule has 2 aromatic rings. The van der Waals surface area contributed by atoms with Gasteiger partial charge in [-0.1, -0.05) is 29.3 Å². The van der Waals surface area contributed by atoms with E-state index in [0.717, 1.165) is 22.3 Å². The number of anilines is 1. The lowest BCUT2D eigenvalue weighted by Gasteiger charge is -2.11. The maximum atomic E-state index is 9.54. The molecule has 0 fully saturated rings. The van der Waals surface area contributed by atoms with E-state index in [4.69, 9.17) is 28.9 Å². The number of pyridine rings is 1. The Balaban J connectivity index is 2.34. The first-order chi connectivity index (χ1) is 11.9. The van der Waals surface area contributed by atoms with Crippen LogP contribution in [-0.4, -0.2) is 4.98 Å². The van der Waals surface area contributed by atoms with Gasteiger partial charge in [-0.15, -0.1) is 0 Å². The molecule has 0 atom stereocenters. The molecule has 1 aliphatic carbocycles. The van der Waals surface area contributed by atoms with Crippen LogP contribution in [0.4, 0.5) is 5.82 Å². The van der Waals surface area contributed by atoms with Gasteiger partial charge in [-0.3, -0.25) is 0 Å². The number of allylic oxidation sites excluding steroid dienone is 3. The number of halogens is 2. The van der Waals surface area contributed by atoms with Crippen molar-refractivity contribution < 1.29 is 0 Å². The van der Waals surface area contributed by atoms with Gasteiger partial charge in [-0.05, 0) is 54.3 Å². The van der Waals surface area contributed by atoms with Gasteiger partial charge in [0.1, 0.15) is 18.0 Å². The smallest absolute Gasteiger partial charge is 0.142 e. The van der Waals surface area contributed by atoms with E-state index in [0.29, 0.717) is 32.4 Å².